The minimum Gasteiger partial charge on any atom is -0.383 e. The highest BCUT2D eigenvalue weighted by Crippen LogP contribution is 2.49. The number of nitrogens with zero attached hydrogens (tertiary/aromatic N) is 7. The van der Waals surface area contributed by atoms with E-state index in [1.165, 1.54) is 57.5 Å². The normalized spacial score (nSPS) is 16.5. The molecule has 4 aromatic carbocycles. The van der Waals surface area contributed by atoms with E-state index in [-0.39, 0.29) is 22.5 Å². The van der Waals surface area contributed by atoms with Crippen LogP contribution in [0.1, 0.15) is 72.5 Å². The van der Waals surface area contributed by atoms with Crippen molar-refractivity contribution in [3.05, 3.63) is 159 Å². The molecule has 8 aromatic rings. The van der Waals surface area contributed by atoms with Crippen LogP contribution in [0.2, 0.25) is 5.02 Å². The molecule has 10 nitrogen and oxygen atoms in total. The van der Waals surface area contributed by atoms with Crippen molar-refractivity contribution in [3.8, 4) is 22.5 Å². The maximum atomic E-state index is 14.5. The van der Waals surface area contributed by atoms with Gasteiger partial charge in [-0.1, -0.05) is 73.7 Å². The summed E-state index contributed by atoms with van der Waals surface area (Å²) in [7, 11) is 0. The van der Waals surface area contributed by atoms with Crippen LogP contribution in [-0.4, -0.2) is 85.6 Å². The number of anilines is 5. The van der Waals surface area contributed by atoms with Gasteiger partial charge < -0.3 is 29.5 Å². The molecule has 0 unspecified atom stereocenters. The maximum absolute atomic E-state index is 14.5. The molecule has 0 amide bonds. The maximum Gasteiger partial charge on any atom is 0.125 e. The Morgan fingerprint density at radius 3 is 1.59 bits per heavy atom. The van der Waals surface area contributed by atoms with E-state index in [9.17, 15) is 8.78 Å². The molecule has 12 rings (SSSR count). The summed E-state index contributed by atoms with van der Waals surface area (Å²) in [5, 5.41) is 5.82. The quantitative estimate of drug-likeness (QED) is 0.180. The molecule has 2 fully saturated rings. The predicted octanol–water partition coefficient (Wildman–Crippen LogP) is 13.9. The van der Waals surface area contributed by atoms with Gasteiger partial charge in [0.25, 0.3) is 0 Å². The second kappa shape index (κ2) is 20.8. The van der Waals surface area contributed by atoms with Crippen molar-refractivity contribution in [1.82, 2.24) is 19.9 Å². The zero-order chi connectivity index (χ0) is 52.9. The summed E-state index contributed by atoms with van der Waals surface area (Å²) in [4.78, 5) is 26.3. The summed E-state index contributed by atoms with van der Waals surface area (Å²) in [5.74, 6) is -0.583. The number of halogens is 3. The zero-order valence-corrected chi connectivity index (χ0v) is 45.6. The highest BCUT2D eigenvalue weighted by atomic mass is 35.5. The molecule has 13 heteroatoms. The fraction of sp³-hybridized carbons (Fsp3) is 0.355. The number of hydrogen-bond acceptors (Lipinski definition) is 10. The third-order valence-corrected chi connectivity index (χ3v) is 15.3. The Labute approximate surface area is 445 Å². The lowest BCUT2D eigenvalue weighted by Gasteiger charge is -2.30. The molecule has 75 heavy (non-hydrogen) atoms. The summed E-state index contributed by atoms with van der Waals surface area (Å²) < 4.78 is 38.8. The van der Waals surface area contributed by atoms with E-state index in [0.717, 1.165) is 133 Å². The molecular formula is C62H67ClF2N8O2. The number of pyridine rings is 4. The number of morpholine rings is 2. The lowest BCUT2D eigenvalue weighted by molar-refractivity contribution is 0.122. The van der Waals surface area contributed by atoms with Crippen molar-refractivity contribution in [2.24, 2.45) is 0 Å². The summed E-state index contributed by atoms with van der Waals surface area (Å²) in [6.07, 6.45) is 4.00. The largest absolute Gasteiger partial charge is 0.383 e. The van der Waals surface area contributed by atoms with Gasteiger partial charge in [0, 0.05) is 84.1 Å². The van der Waals surface area contributed by atoms with Gasteiger partial charge in [0.05, 0.1) is 106 Å². The molecule has 0 bridgehead atoms. The summed E-state index contributed by atoms with van der Waals surface area (Å²) in [5.41, 5.74) is 19.7. The van der Waals surface area contributed by atoms with Crippen molar-refractivity contribution in [3.63, 3.8) is 0 Å². The van der Waals surface area contributed by atoms with Gasteiger partial charge >= 0.3 is 0 Å². The van der Waals surface area contributed by atoms with Gasteiger partial charge in [0.1, 0.15) is 11.6 Å². The summed E-state index contributed by atoms with van der Waals surface area (Å²) >= 11 is 6.45. The van der Waals surface area contributed by atoms with Gasteiger partial charge in [-0.15, -0.1) is 0 Å². The minimum atomic E-state index is -0.304. The summed E-state index contributed by atoms with van der Waals surface area (Å²) in [6.45, 7) is 29.8. The van der Waals surface area contributed by atoms with Crippen LogP contribution in [0.25, 0.3) is 44.3 Å². The molecule has 0 aliphatic carbocycles. The first kappa shape index (κ1) is 51.7. The van der Waals surface area contributed by atoms with Crippen LogP contribution in [0.15, 0.2) is 97.3 Å². The number of hydrogen-bond donors (Lipinski definition) is 1. The van der Waals surface area contributed by atoms with Gasteiger partial charge in [-0.25, -0.2) is 18.7 Å². The molecule has 4 aromatic heterocycles. The molecule has 388 valence electrons. The van der Waals surface area contributed by atoms with Gasteiger partial charge in [0.2, 0.25) is 0 Å². The molecule has 0 radical (unpaired) electrons. The summed E-state index contributed by atoms with van der Waals surface area (Å²) in [6, 6.07) is 26.7. The average molecular weight is 1030 g/mol. The second-order valence-corrected chi connectivity index (χ2v) is 22.3. The zero-order valence-electron chi connectivity index (χ0n) is 44.9. The number of fused-ring (bicyclic) bond motifs is 4. The molecule has 0 atom stereocenters. The Morgan fingerprint density at radius 1 is 0.560 bits per heavy atom. The van der Waals surface area contributed by atoms with E-state index < -0.39 is 0 Å². The number of benzene rings is 4. The van der Waals surface area contributed by atoms with Crippen LogP contribution in [0, 0.1) is 53.2 Å². The van der Waals surface area contributed by atoms with E-state index in [0.29, 0.717) is 16.1 Å². The van der Waals surface area contributed by atoms with Gasteiger partial charge in [-0.3, -0.25) is 9.97 Å². The molecule has 0 spiro atoms. The first-order chi connectivity index (χ1) is 35.8. The average Bonchev–Trinajstić information content (AvgIpc) is 3.86. The Morgan fingerprint density at radius 2 is 1.04 bits per heavy atom. The van der Waals surface area contributed by atoms with E-state index in [1.54, 1.807) is 12.1 Å². The highest BCUT2D eigenvalue weighted by molar-refractivity contribution is 6.36. The van der Waals surface area contributed by atoms with Crippen LogP contribution in [0.5, 0.6) is 0 Å². The fourth-order valence-electron chi connectivity index (χ4n) is 11.2. The van der Waals surface area contributed by atoms with Crippen molar-refractivity contribution in [1.29, 1.82) is 0 Å². The third-order valence-electron chi connectivity index (χ3n) is 14.9. The minimum absolute atomic E-state index is 0.138. The van der Waals surface area contributed by atoms with E-state index in [1.807, 2.05) is 39.2 Å². The number of rotatable bonds is 5. The number of aromatic nitrogens is 4. The van der Waals surface area contributed by atoms with Gasteiger partial charge in [0.15, 0.2) is 0 Å². The van der Waals surface area contributed by atoms with Crippen molar-refractivity contribution >= 4 is 61.8 Å². The van der Waals surface area contributed by atoms with Gasteiger partial charge in [-0.2, -0.15) is 0 Å². The Bertz CT molecular complexity index is 3440. The second-order valence-electron chi connectivity index (χ2n) is 22.0. The molecule has 0 saturated carbocycles. The van der Waals surface area contributed by atoms with E-state index in [2.05, 4.69) is 127 Å². The molecule has 4 aliphatic rings. The lowest BCUT2D eigenvalue weighted by atomic mass is 9.91. The highest BCUT2D eigenvalue weighted by Gasteiger charge is 2.40. The number of aryl methyl sites for hydroxylation is 4. The van der Waals surface area contributed by atoms with Crippen LogP contribution in [-0.2, 0) is 20.3 Å². The van der Waals surface area contributed by atoms with Crippen molar-refractivity contribution in [2.75, 3.05) is 85.7 Å². The molecule has 1 N–H and O–H groups in total. The molecule has 4 aliphatic heterocycles. The van der Waals surface area contributed by atoms with Gasteiger partial charge in [-0.05, 0) is 113 Å². The smallest absolute Gasteiger partial charge is 0.125 e. The van der Waals surface area contributed by atoms with Crippen LogP contribution in [0.3, 0.4) is 0 Å². The van der Waals surface area contributed by atoms with E-state index in [4.69, 9.17) is 31.0 Å². The molecule has 2 saturated heterocycles. The molecule has 8 heterocycles. The van der Waals surface area contributed by atoms with Crippen molar-refractivity contribution in [2.45, 2.75) is 80.1 Å². The number of nitrogens with one attached hydrogen (secondary N) is 1. The monoisotopic (exact) mass is 1030 g/mol. The van der Waals surface area contributed by atoms with Crippen molar-refractivity contribution < 1.29 is 18.3 Å². The third kappa shape index (κ3) is 10.6. The SMILES string of the molecule is CC1(C)CNc2cc(N3CCOCC3)cnc21.Cc1cc(C)cc(-c2nc3cc(F)ccc3c(Cl)c2C)c1.Cc1cc(C)cc(-c2nc3cc(F)ccc3c(N3CC(C)(C)c4ncc(N5CCOCC5)cc43)c2C)c1. The Balaban J connectivity index is 0.000000142. The topological polar surface area (TPSA) is 91.8 Å². The van der Waals surface area contributed by atoms with E-state index >= 15 is 0 Å². The number of ether oxygens (including phenoxy) is 2. The Hall–Kier alpha value is -6.73. The van der Waals surface area contributed by atoms with Crippen LogP contribution in [0.4, 0.5) is 37.2 Å². The first-order valence-electron chi connectivity index (χ1n) is 26.0. The lowest BCUT2D eigenvalue weighted by Crippen LogP contribution is -2.36. The molecular weight excluding hydrogens is 962 g/mol. The predicted molar refractivity (Wildman–Crippen MR) is 304 cm³/mol. The van der Waals surface area contributed by atoms with Crippen LogP contribution >= 0.6 is 11.6 Å². The fourth-order valence-corrected chi connectivity index (χ4v) is 11.4. The standard InChI is InChI=1S/C31H33FN4O.C18H15ClFN.C13H19N3O/c1-19-12-20(2)14-22(13-19)28-21(3)29(25-7-6-23(32)15-26(25)34-28)36-18-31(4,5)30-27(36)16-24(17-33-30)35-8-10-37-11-9-35;1-10-6-11(2)8-13(7-10)18-12(3)17(19)15-5-4-14(20)9-16(15)21-18;1-13(2)9-15-11-7-10(8-14-12(11)13)16-3-5-17-6-4-16/h6-7,12-17H,8-11,18H2,1-5H3;4-9H,1-3H3;7-8,15H,3-6,9H2,1-2H3. The van der Waals surface area contributed by atoms with Crippen LogP contribution < -0.4 is 20.0 Å². The Kier molecular flexibility index (Phi) is 14.3. The first-order valence-corrected chi connectivity index (χ1v) is 26.4.